The molecule has 196 valence electrons. The molecule has 2 aromatic rings. The van der Waals surface area contributed by atoms with Crippen LogP contribution in [0.1, 0.15) is 28.8 Å². The molecule has 0 saturated carbocycles. The first-order valence-corrected chi connectivity index (χ1v) is 11.2. The summed E-state index contributed by atoms with van der Waals surface area (Å²) in [7, 11) is 8.65. The van der Waals surface area contributed by atoms with Crippen molar-refractivity contribution in [2.24, 2.45) is 5.73 Å². The van der Waals surface area contributed by atoms with Crippen LogP contribution >= 0.6 is 24.8 Å². The molecule has 3 rings (SSSR count). The van der Waals surface area contributed by atoms with Gasteiger partial charge in [0, 0.05) is 25.2 Å². The Hall–Kier alpha value is -2.39. The molecule has 0 radical (unpaired) electrons. The number of benzene rings is 2. The van der Waals surface area contributed by atoms with Crippen molar-refractivity contribution in [3.05, 3.63) is 41.5 Å². The van der Waals surface area contributed by atoms with Crippen LogP contribution in [0.15, 0.2) is 30.3 Å². The smallest absolute Gasteiger partial charge is 0.257 e. The third-order valence-corrected chi connectivity index (χ3v) is 6.00. The number of carbonyl (C=O) groups is 1. The van der Waals surface area contributed by atoms with E-state index in [1.165, 1.54) is 21.3 Å². The highest BCUT2D eigenvalue weighted by atomic mass is 35.5. The van der Waals surface area contributed by atoms with E-state index in [-0.39, 0.29) is 30.7 Å². The van der Waals surface area contributed by atoms with Gasteiger partial charge in [-0.1, -0.05) is 12.1 Å². The summed E-state index contributed by atoms with van der Waals surface area (Å²) in [5, 5.41) is 0. The number of hydrogen-bond donors (Lipinski definition) is 1. The van der Waals surface area contributed by atoms with E-state index < -0.39 is 0 Å². The van der Waals surface area contributed by atoms with E-state index in [0.29, 0.717) is 60.0 Å². The maximum atomic E-state index is 13.6. The van der Waals surface area contributed by atoms with Crippen LogP contribution in [0.2, 0.25) is 0 Å². The fourth-order valence-corrected chi connectivity index (χ4v) is 4.16. The third-order valence-electron chi connectivity index (χ3n) is 6.00. The number of amides is 1. The topological polar surface area (TPSA) is 86.5 Å². The summed E-state index contributed by atoms with van der Waals surface area (Å²) >= 11 is 0. The number of piperidine rings is 1. The van der Waals surface area contributed by atoms with Gasteiger partial charge in [-0.3, -0.25) is 4.79 Å². The van der Waals surface area contributed by atoms with Gasteiger partial charge in [0.15, 0.2) is 11.5 Å². The molecule has 35 heavy (non-hydrogen) atoms. The molecule has 1 saturated heterocycles. The summed E-state index contributed by atoms with van der Waals surface area (Å²) in [6, 6.07) is 9.67. The Balaban J connectivity index is 0.00000306. The number of hydrogen-bond acceptors (Lipinski definition) is 7. The van der Waals surface area contributed by atoms with Gasteiger partial charge >= 0.3 is 0 Å². The van der Waals surface area contributed by atoms with Crippen LogP contribution < -0.4 is 24.7 Å². The molecule has 1 aliphatic heterocycles. The molecule has 0 spiro atoms. The van der Waals surface area contributed by atoms with E-state index in [9.17, 15) is 4.79 Å². The summed E-state index contributed by atoms with van der Waals surface area (Å²) in [6.45, 7) is 1.93. The van der Waals surface area contributed by atoms with Crippen LogP contribution in [0.25, 0.3) is 0 Å². The average Bonchev–Trinajstić information content (AvgIpc) is 2.84. The van der Waals surface area contributed by atoms with Crippen molar-refractivity contribution in [2.45, 2.75) is 25.3 Å². The predicted octanol–water partition coefficient (Wildman–Crippen LogP) is 4.02. The van der Waals surface area contributed by atoms with Gasteiger partial charge in [-0.15, -0.1) is 24.8 Å². The zero-order valence-corrected chi connectivity index (χ0v) is 22.7. The van der Waals surface area contributed by atoms with E-state index in [0.717, 1.165) is 24.8 Å². The number of nitrogens with two attached hydrogens (primary N) is 1. The highest BCUT2D eigenvalue weighted by Crippen LogP contribution is 2.48. The number of rotatable bonds is 9. The Morgan fingerprint density at radius 3 is 2.20 bits per heavy atom. The van der Waals surface area contributed by atoms with Gasteiger partial charge in [0.05, 0.1) is 26.9 Å². The largest absolute Gasteiger partial charge is 0.492 e. The Morgan fingerprint density at radius 2 is 1.66 bits per heavy atom. The Kier molecular flexibility index (Phi) is 12.5. The molecule has 1 aliphatic rings. The van der Waals surface area contributed by atoms with Crippen molar-refractivity contribution in [1.82, 2.24) is 9.80 Å². The molecule has 0 bridgehead atoms. The second-order valence-electron chi connectivity index (χ2n) is 8.32. The zero-order chi connectivity index (χ0) is 24.0. The van der Waals surface area contributed by atoms with Crippen LogP contribution in [0, 0.1) is 0 Å². The lowest BCUT2D eigenvalue weighted by Crippen LogP contribution is -2.47. The van der Waals surface area contributed by atoms with Gasteiger partial charge in [-0.2, -0.15) is 0 Å². The number of ether oxygens (including phenoxy) is 4. The van der Waals surface area contributed by atoms with Crippen molar-refractivity contribution in [3.63, 3.8) is 0 Å². The van der Waals surface area contributed by atoms with Gasteiger partial charge in [-0.05, 0) is 57.6 Å². The first-order valence-electron chi connectivity index (χ1n) is 11.2. The van der Waals surface area contributed by atoms with E-state index >= 15 is 0 Å². The molecule has 8 nitrogen and oxygen atoms in total. The van der Waals surface area contributed by atoms with Gasteiger partial charge in [0.1, 0.15) is 5.75 Å². The third kappa shape index (κ3) is 7.07. The van der Waals surface area contributed by atoms with Crippen molar-refractivity contribution in [2.75, 3.05) is 55.1 Å². The van der Waals surface area contributed by atoms with Gasteiger partial charge in [0.2, 0.25) is 11.5 Å². The molecule has 1 atom stereocenters. The molecule has 2 N–H and O–H groups in total. The minimum absolute atomic E-state index is 0. The fraction of sp³-hybridized carbons (Fsp3) is 0.480. The second-order valence-corrected chi connectivity index (χ2v) is 8.32. The molecule has 0 aliphatic carbocycles. The summed E-state index contributed by atoms with van der Waals surface area (Å²) in [4.78, 5) is 17.6. The molecule has 1 fully saturated rings. The first-order chi connectivity index (χ1) is 15.9. The van der Waals surface area contributed by atoms with E-state index in [2.05, 4.69) is 4.90 Å². The van der Waals surface area contributed by atoms with Crippen LogP contribution in [-0.2, 0) is 6.42 Å². The Morgan fingerprint density at radius 1 is 1.03 bits per heavy atom. The minimum Gasteiger partial charge on any atom is -0.492 e. The molecular weight excluding hydrogens is 493 g/mol. The average molecular weight is 530 g/mol. The SMILES string of the molecule is COc1c(Oc2ccc(CCN)cc2)cc(C(=O)N2CCCC(N(C)C)C2)c(OC)c1OC.Cl.Cl. The Bertz CT molecular complexity index is 957. The van der Waals surface area contributed by atoms with Crippen molar-refractivity contribution in [3.8, 4) is 28.7 Å². The molecular formula is C25H37Cl2N3O5. The number of carbonyl (C=O) groups excluding carboxylic acids is 1. The summed E-state index contributed by atoms with van der Waals surface area (Å²) in [5.41, 5.74) is 7.14. The maximum absolute atomic E-state index is 13.6. The van der Waals surface area contributed by atoms with E-state index in [4.69, 9.17) is 24.7 Å². The molecule has 2 aromatic carbocycles. The zero-order valence-electron chi connectivity index (χ0n) is 21.0. The van der Waals surface area contributed by atoms with Crippen molar-refractivity contribution >= 4 is 30.7 Å². The molecule has 0 aromatic heterocycles. The van der Waals surface area contributed by atoms with Gasteiger partial charge in [-0.25, -0.2) is 0 Å². The lowest BCUT2D eigenvalue weighted by atomic mass is 10.0. The summed E-state index contributed by atoms with van der Waals surface area (Å²) < 4.78 is 23.0. The number of likely N-dealkylation sites (tertiary alicyclic amines) is 1. The number of methoxy groups -OCH3 is 3. The monoisotopic (exact) mass is 529 g/mol. The number of nitrogens with zero attached hydrogens (tertiary/aromatic N) is 2. The fourth-order valence-electron chi connectivity index (χ4n) is 4.16. The van der Waals surface area contributed by atoms with Crippen LogP contribution in [-0.4, -0.2) is 76.8 Å². The molecule has 1 heterocycles. The summed E-state index contributed by atoms with van der Waals surface area (Å²) in [6.07, 6.45) is 2.81. The molecule has 1 amide bonds. The van der Waals surface area contributed by atoms with Gasteiger partial charge in [0.25, 0.3) is 5.91 Å². The van der Waals surface area contributed by atoms with Crippen LogP contribution in [0.3, 0.4) is 0 Å². The quantitative estimate of drug-likeness (QED) is 0.524. The molecule has 1 unspecified atom stereocenters. The highest BCUT2D eigenvalue weighted by Gasteiger charge is 2.31. The predicted molar refractivity (Wildman–Crippen MR) is 142 cm³/mol. The van der Waals surface area contributed by atoms with Crippen LogP contribution in [0.4, 0.5) is 0 Å². The van der Waals surface area contributed by atoms with E-state index in [1.807, 2.05) is 43.3 Å². The Labute approximate surface area is 220 Å². The lowest BCUT2D eigenvalue weighted by molar-refractivity contribution is 0.0630. The van der Waals surface area contributed by atoms with Gasteiger partial charge < -0.3 is 34.5 Å². The van der Waals surface area contributed by atoms with E-state index in [1.54, 1.807) is 6.07 Å². The van der Waals surface area contributed by atoms with Crippen molar-refractivity contribution in [1.29, 1.82) is 0 Å². The second kappa shape index (κ2) is 14.2. The minimum atomic E-state index is -0.123. The number of halogens is 2. The van der Waals surface area contributed by atoms with Crippen molar-refractivity contribution < 1.29 is 23.7 Å². The standard InChI is InChI=1S/C25H35N3O5.2ClH/c1-27(2)18-7-6-14-28(16-18)25(29)20-15-21(23(31-4)24(32-5)22(20)30-3)33-19-10-8-17(9-11-19)12-13-26;;/h8-11,15,18H,6-7,12-14,16,26H2,1-5H3;2*1H. The number of likely N-dealkylation sites (N-methyl/N-ethyl adjacent to an activating group) is 1. The maximum Gasteiger partial charge on any atom is 0.257 e. The lowest BCUT2D eigenvalue weighted by Gasteiger charge is -2.36. The van der Waals surface area contributed by atoms with Crippen LogP contribution in [0.5, 0.6) is 28.7 Å². The first kappa shape index (κ1) is 30.6. The normalized spacial score (nSPS) is 15.1. The summed E-state index contributed by atoms with van der Waals surface area (Å²) in [5.74, 6) is 1.89. The molecule has 10 heteroatoms. The highest BCUT2D eigenvalue weighted by molar-refractivity contribution is 5.99.